The number of nitrogens with one attached hydrogen (secondary N) is 1. The van der Waals surface area contributed by atoms with Gasteiger partial charge in [0.2, 0.25) is 5.91 Å². The highest BCUT2D eigenvalue weighted by Gasteiger charge is 2.28. The van der Waals surface area contributed by atoms with Crippen molar-refractivity contribution >= 4 is 34.8 Å². The van der Waals surface area contributed by atoms with Gasteiger partial charge in [-0.1, -0.05) is 23.2 Å². The number of anilines is 1. The first-order valence-electron chi connectivity index (χ1n) is 7.05. The minimum absolute atomic E-state index is 0.107. The number of carbonyl (C=O) groups excluding carboxylic acids is 1. The summed E-state index contributed by atoms with van der Waals surface area (Å²) in [5.41, 5.74) is -0.120. The number of β-amino-alcohol motifs (C(OH)–C–C–N with tert-alkyl or cyclic N) is 1. The molecule has 4 nitrogen and oxygen atoms in total. The number of hydrogen-bond acceptors (Lipinski definition) is 3. The Morgan fingerprint density at radius 2 is 2.24 bits per heavy atom. The molecule has 1 aromatic carbocycles. The highest BCUT2D eigenvalue weighted by atomic mass is 35.5. The molecule has 1 atom stereocenters. The van der Waals surface area contributed by atoms with E-state index < -0.39 is 5.60 Å². The number of likely N-dealkylation sites (tertiary alicyclic amines) is 1. The van der Waals surface area contributed by atoms with Gasteiger partial charge < -0.3 is 10.4 Å². The molecule has 1 heterocycles. The largest absolute Gasteiger partial charge is 0.389 e. The van der Waals surface area contributed by atoms with Crippen LogP contribution in [-0.4, -0.2) is 41.1 Å². The highest BCUT2D eigenvalue weighted by Crippen LogP contribution is 2.25. The zero-order valence-electron chi connectivity index (χ0n) is 12.0. The third kappa shape index (κ3) is 5.15. The van der Waals surface area contributed by atoms with E-state index in [2.05, 4.69) is 10.2 Å². The van der Waals surface area contributed by atoms with Crippen LogP contribution in [0.5, 0.6) is 0 Å². The Labute approximate surface area is 135 Å². The van der Waals surface area contributed by atoms with Crippen LogP contribution in [0, 0.1) is 0 Å². The van der Waals surface area contributed by atoms with Crippen LogP contribution in [0.2, 0.25) is 10.0 Å². The number of benzene rings is 1. The van der Waals surface area contributed by atoms with Crippen molar-refractivity contribution in [2.75, 3.05) is 25.0 Å². The highest BCUT2D eigenvalue weighted by molar-refractivity contribution is 6.35. The first-order chi connectivity index (χ1) is 9.85. The van der Waals surface area contributed by atoms with Crippen molar-refractivity contribution < 1.29 is 9.90 Å². The molecular weight excluding hydrogens is 311 g/mol. The predicted molar refractivity (Wildman–Crippen MR) is 86.0 cm³/mol. The van der Waals surface area contributed by atoms with Crippen LogP contribution in [0.25, 0.3) is 0 Å². The summed E-state index contributed by atoms with van der Waals surface area (Å²) in [6.07, 6.45) is 2.13. The van der Waals surface area contributed by atoms with Gasteiger partial charge in [0.1, 0.15) is 0 Å². The Hall–Kier alpha value is -0.810. The molecule has 1 fully saturated rings. The topological polar surface area (TPSA) is 52.6 Å². The molecule has 1 aliphatic rings. The van der Waals surface area contributed by atoms with Crippen LogP contribution in [0.3, 0.4) is 0 Å². The maximum absolute atomic E-state index is 12.0. The van der Waals surface area contributed by atoms with E-state index in [0.29, 0.717) is 35.2 Å². The summed E-state index contributed by atoms with van der Waals surface area (Å²) in [5, 5.41) is 13.8. The lowest BCUT2D eigenvalue weighted by atomic mass is 9.95. The number of rotatable bonds is 4. The number of amides is 1. The van der Waals surface area contributed by atoms with Crippen LogP contribution in [0.4, 0.5) is 5.69 Å². The van der Waals surface area contributed by atoms with Crippen LogP contribution in [-0.2, 0) is 4.79 Å². The lowest BCUT2D eigenvalue weighted by molar-refractivity contribution is -0.117. The molecule has 116 valence electrons. The van der Waals surface area contributed by atoms with E-state index in [4.69, 9.17) is 23.2 Å². The quantitative estimate of drug-likeness (QED) is 0.891. The SMILES string of the molecule is CC1(O)CCCN(CCC(=O)Nc2cc(Cl)ccc2Cl)C1. The second kappa shape index (κ2) is 6.97. The van der Waals surface area contributed by atoms with E-state index in [1.54, 1.807) is 18.2 Å². The normalized spacial score (nSPS) is 23.0. The Morgan fingerprint density at radius 3 is 2.95 bits per heavy atom. The smallest absolute Gasteiger partial charge is 0.225 e. The van der Waals surface area contributed by atoms with E-state index in [9.17, 15) is 9.90 Å². The van der Waals surface area contributed by atoms with Crippen molar-refractivity contribution in [3.05, 3.63) is 28.2 Å². The fourth-order valence-electron chi connectivity index (χ4n) is 2.58. The molecule has 0 saturated carbocycles. The molecule has 1 unspecified atom stereocenters. The first kappa shape index (κ1) is 16.6. The molecule has 0 aromatic heterocycles. The number of carbonyl (C=O) groups is 1. The van der Waals surface area contributed by atoms with Gasteiger partial charge in [-0.3, -0.25) is 9.69 Å². The molecule has 0 bridgehead atoms. The Kier molecular flexibility index (Phi) is 5.49. The molecule has 6 heteroatoms. The summed E-state index contributed by atoms with van der Waals surface area (Å²) in [6.45, 7) is 3.99. The van der Waals surface area contributed by atoms with E-state index in [1.165, 1.54) is 0 Å². The van der Waals surface area contributed by atoms with Gasteiger partial charge in [-0.05, 0) is 44.5 Å². The Balaban J connectivity index is 1.83. The van der Waals surface area contributed by atoms with Crippen molar-refractivity contribution in [3.8, 4) is 0 Å². The molecule has 1 aromatic rings. The molecule has 2 N–H and O–H groups in total. The number of nitrogens with zero attached hydrogens (tertiary/aromatic N) is 1. The predicted octanol–water partition coefficient (Wildman–Crippen LogP) is 3.17. The van der Waals surface area contributed by atoms with Crippen LogP contribution in [0.15, 0.2) is 18.2 Å². The van der Waals surface area contributed by atoms with Gasteiger partial charge in [-0.2, -0.15) is 0 Å². The van der Waals surface area contributed by atoms with E-state index in [0.717, 1.165) is 19.4 Å². The third-order valence-corrected chi connectivity index (χ3v) is 4.18. The molecule has 1 amide bonds. The van der Waals surface area contributed by atoms with Crippen molar-refractivity contribution in [2.45, 2.75) is 31.8 Å². The van der Waals surface area contributed by atoms with Gasteiger partial charge in [0, 0.05) is 24.5 Å². The molecule has 0 aliphatic carbocycles. The molecule has 1 saturated heterocycles. The number of hydrogen-bond donors (Lipinski definition) is 2. The summed E-state index contributed by atoms with van der Waals surface area (Å²) in [4.78, 5) is 14.1. The van der Waals surface area contributed by atoms with Gasteiger partial charge in [0.05, 0.1) is 16.3 Å². The fourth-order valence-corrected chi connectivity index (χ4v) is 2.92. The van der Waals surface area contributed by atoms with Gasteiger partial charge in [0.25, 0.3) is 0 Å². The Morgan fingerprint density at radius 1 is 1.48 bits per heavy atom. The molecular formula is C15H20Cl2N2O2. The van der Waals surface area contributed by atoms with Crippen molar-refractivity contribution in [1.82, 2.24) is 4.90 Å². The third-order valence-electron chi connectivity index (χ3n) is 3.61. The van der Waals surface area contributed by atoms with Gasteiger partial charge in [0.15, 0.2) is 0 Å². The molecule has 0 spiro atoms. The minimum atomic E-state index is -0.648. The summed E-state index contributed by atoms with van der Waals surface area (Å²) < 4.78 is 0. The van der Waals surface area contributed by atoms with E-state index in [1.807, 2.05) is 6.92 Å². The number of halogens is 2. The zero-order chi connectivity index (χ0) is 15.5. The molecule has 2 rings (SSSR count). The van der Waals surface area contributed by atoms with Gasteiger partial charge >= 0.3 is 0 Å². The summed E-state index contributed by atoms with van der Waals surface area (Å²) in [7, 11) is 0. The number of piperidine rings is 1. The summed E-state index contributed by atoms with van der Waals surface area (Å²) in [5.74, 6) is -0.107. The second-order valence-corrected chi connectivity index (χ2v) is 6.64. The first-order valence-corrected chi connectivity index (χ1v) is 7.81. The number of aliphatic hydroxyl groups is 1. The molecule has 21 heavy (non-hydrogen) atoms. The van der Waals surface area contributed by atoms with E-state index >= 15 is 0 Å². The lowest BCUT2D eigenvalue weighted by Crippen LogP contribution is -2.46. The zero-order valence-corrected chi connectivity index (χ0v) is 13.5. The maximum atomic E-state index is 12.0. The van der Waals surface area contributed by atoms with Gasteiger partial charge in [-0.15, -0.1) is 0 Å². The maximum Gasteiger partial charge on any atom is 0.225 e. The summed E-state index contributed by atoms with van der Waals surface area (Å²) >= 11 is 11.9. The molecule has 0 radical (unpaired) electrons. The fraction of sp³-hybridized carbons (Fsp3) is 0.533. The van der Waals surface area contributed by atoms with Crippen LogP contribution in [0.1, 0.15) is 26.2 Å². The lowest BCUT2D eigenvalue weighted by Gasteiger charge is -2.36. The second-order valence-electron chi connectivity index (χ2n) is 5.80. The monoisotopic (exact) mass is 330 g/mol. The van der Waals surface area contributed by atoms with Crippen LogP contribution >= 0.6 is 23.2 Å². The van der Waals surface area contributed by atoms with E-state index in [-0.39, 0.29) is 5.91 Å². The average molecular weight is 331 g/mol. The standard InChI is InChI=1S/C15H20Cl2N2O2/c1-15(21)6-2-7-19(10-15)8-5-14(20)18-13-9-11(16)3-4-12(13)17/h3-4,9,21H,2,5-8,10H2,1H3,(H,18,20). The van der Waals surface area contributed by atoms with Gasteiger partial charge in [-0.25, -0.2) is 0 Å². The van der Waals surface area contributed by atoms with Crippen molar-refractivity contribution in [2.24, 2.45) is 0 Å². The van der Waals surface area contributed by atoms with Crippen molar-refractivity contribution in [3.63, 3.8) is 0 Å². The van der Waals surface area contributed by atoms with Crippen LogP contribution < -0.4 is 5.32 Å². The Bertz CT molecular complexity index is 520. The minimum Gasteiger partial charge on any atom is -0.389 e. The average Bonchev–Trinajstić information content (AvgIpc) is 2.40. The van der Waals surface area contributed by atoms with Crippen molar-refractivity contribution in [1.29, 1.82) is 0 Å². The summed E-state index contributed by atoms with van der Waals surface area (Å²) in [6, 6.07) is 4.96. The molecule has 1 aliphatic heterocycles.